The van der Waals surface area contributed by atoms with Crippen LogP contribution in [-0.2, 0) is 4.79 Å². The molecular formula is C22H18Cl2N4O3. The summed E-state index contributed by atoms with van der Waals surface area (Å²) >= 11 is 12.4. The molecule has 3 rings (SSSR count). The van der Waals surface area contributed by atoms with Crippen molar-refractivity contribution >= 4 is 40.9 Å². The van der Waals surface area contributed by atoms with Gasteiger partial charge in [-0.05, 0) is 49.4 Å². The highest BCUT2D eigenvalue weighted by atomic mass is 35.5. The molecule has 0 aliphatic carbocycles. The Balaban J connectivity index is 1.90. The SMILES string of the molecule is COc1ccc(NC(=O)C(C#N)=Cc2c(C)nn(-c3ccc(Cl)cc3)c2Cl)cc1OC. The van der Waals surface area contributed by atoms with Crippen LogP contribution in [0.1, 0.15) is 11.3 Å². The normalized spacial score (nSPS) is 11.0. The van der Waals surface area contributed by atoms with Crippen molar-refractivity contribution in [3.63, 3.8) is 0 Å². The third-order valence-electron chi connectivity index (χ3n) is 4.41. The Kier molecular flexibility index (Phi) is 6.85. The second-order valence-corrected chi connectivity index (χ2v) is 7.17. The highest BCUT2D eigenvalue weighted by Gasteiger charge is 2.17. The summed E-state index contributed by atoms with van der Waals surface area (Å²) < 4.78 is 11.9. The maximum atomic E-state index is 12.7. The van der Waals surface area contributed by atoms with Gasteiger partial charge in [0.25, 0.3) is 5.91 Å². The molecule has 7 nitrogen and oxygen atoms in total. The summed E-state index contributed by atoms with van der Waals surface area (Å²) in [7, 11) is 3.01. The Bertz CT molecular complexity index is 1190. The third kappa shape index (κ3) is 4.82. The monoisotopic (exact) mass is 456 g/mol. The van der Waals surface area contributed by atoms with E-state index in [2.05, 4.69) is 10.4 Å². The largest absolute Gasteiger partial charge is 0.493 e. The van der Waals surface area contributed by atoms with E-state index in [1.807, 2.05) is 6.07 Å². The number of halogens is 2. The topological polar surface area (TPSA) is 89.2 Å². The minimum Gasteiger partial charge on any atom is -0.493 e. The quantitative estimate of drug-likeness (QED) is 0.413. The molecule has 3 aromatic rings. The average molecular weight is 457 g/mol. The van der Waals surface area contributed by atoms with Crippen molar-refractivity contribution in [3.05, 3.63) is 69.5 Å². The van der Waals surface area contributed by atoms with Crippen molar-refractivity contribution in [3.8, 4) is 23.3 Å². The molecule has 158 valence electrons. The molecule has 1 heterocycles. The molecule has 0 fully saturated rings. The van der Waals surface area contributed by atoms with Crippen molar-refractivity contribution in [1.29, 1.82) is 5.26 Å². The van der Waals surface area contributed by atoms with Crippen LogP contribution in [0.4, 0.5) is 5.69 Å². The molecule has 1 aromatic heterocycles. The number of amides is 1. The number of carbonyl (C=O) groups is 1. The zero-order valence-electron chi connectivity index (χ0n) is 16.9. The Morgan fingerprint density at radius 3 is 2.42 bits per heavy atom. The Morgan fingerprint density at radius 2 is 1.81 bits per heavy atom. The van der Waals surface area contributed by atoms with Gasteiger partial charge in [-0.3, -0.25) is 4.79 Å². The molecule has 0 spiro atoms. The van der Waals surface area contributed by atoms with Crippen molar-refractivity contribution in [2.24, 2.45) is 0 Å². The van der Waals surface area contributed by atoms with Gasteiger partial charge in [0.05, 0.1) is 25.6 Å². The summed E-state index contributed by atoms with van der Waals surface area (Å²) in [5.74, 6) is 0.379. The number of hydrogen-bond donors (Lipinski definition) is 1. The fourth-order valence-electron chi connectivity index (χ4n) is 2.83. The highest BCUT2D eigenvalue weighted by Crippen LogP contribution is 2.30. The lowest BCUT2D eigenvalue weighted by atomic mass is 10.1. The van der Waals surface area contributed by atoms with Gasteiger partial charge in [0, 0.05) is 22.3 Å². The zero-order valence-corrected chi connectivity index (χ0v) is 18.5. The molecule has 9 heteroatoms. The standard InChI is InChI=1S/C22H18Cl2N4O3/c1-13-18(21(24)28(27-13)17-7-4-15(23)5-8-17)10-14(12-25)22(29)26-16-6-9-19(30-2)20(11-16)31-3/h4-11H,1-3H3,(H,26,29). The number of hydrogen-bond acceptors (Lipinski definition) is 5. The van der Waals surface area contributed by atoms with Crippen LogP contribution in [0.25, 0.3) is 11.8 Å². The number of aryl methyl sites for hydroxylation is 1. The molecule has 31 heavy (non-hydrogen) atoms. The van der Waals surface area contributed by atoms with Crippen molar-refractivity contribution in [2.45, 2.75) is 6.92 Å². The lowest BCUT2D eigenvalue weighted by molar-refractivity contribution is -0.112. The molecule has 0 bridgehead atoms. The van der Waals surface area contributed by atoms with Crippen LogP contribution >= 0.6 is 23.2 Å². The van der Waals surface area contributed by atoms with Crippen LogP contribution in [0, 0.1) is 18.3 Å². The van der Waals surface area contributed by atoms with Gasteiger partial charge >= 0.3 is 0 Å². The van der Waals surface area contributed by atoms with Gasteiger partial charge in [0.1, 0.15) is 16.8 Å². The van der Waals surface area contributed by atoms with E-state index in [1.54, 1.807) is 49.4 Å². The number of nitriles is 1. The summed E-state index contributed by atoms with van der Waals surface area (Å²) in [5, 5.41) is 17.5. The second kappa shape index (κ2) is 9.56. The van der Waals surface area contributed by atoms with Crippen LogP contribution < -0.4 is 14.8 Å². The average Bonchev–Trinajstić information content (AvgIpc) is 3.05. The van der Waals surface area contributed by atoms with E-state index >= 15 is 0 Å². The summed E-state index contributed by atoms with van der Waals surface area (Å²) in [6.07, 6.45) is 1.41. The Morgan fingerprint density at radius 1 is 1.13 bits per heavy atom. The van der Waals surface area contributed by atoms with Crippen LogP contribution in [-0.4, -0.2) is 29.9 Å². The molecule has 0 saturated heterocycles. The summed E-state index contributed by atoms with van der Waals surface area (Å²) in [5.41, 5.74) is 2.05. The summed E-state index contributed by atoms with van der Waals surface area (Å²) in [6.45, 7) is 1.74. The number of carbonyl (C=O) groups excluding carboxylic acids is 1. The van der Waals surface area contributed by atoms with E-state index in [9.17, 15) is 10.1 Å². The predicted octanol–water partition coefficient (Wildman–Crippen LogP) is 5.05. The smallest absolute Gasteiger partial charge is 0.266 e. The first-order chi connectivity index (χ1) is 14.9. The molecule has 2 aromatic carbocycles. The van der Waals surface area contributed by atoms with Gasteiger partial charge in [-0.1, -0.05) is 23.2 Å². The number of benzene rings is 2. The van der Waals surface area contributed by atoms with E-state index < -0.39 is 5.91 Å². The number of methoxy groups -OCH3 is 2. The van der Waals surface area contributed by atoms with Crippen molar-refractivity contribution in [1.82, 2.24) is 9.78 Å². The van der Waals surface area contributed by atoms with Gasteiger partial charge in [-0.2, -0.15) is 10.4 Å². The Hall–Kier alpha value is -3.47. The molecule has 0 aliphatic rings. The van der Waals surface area contributed by atoms with Crippen LogP contribution in [0.2, 0.25) is 10.2 Å². The molecule has 0 radical (unpaired) electrons. The summed E-state index contributed by atoms with van der Waals surface area (Å²) in [6, 6.07) is 13.8. The van der Waals surface area contributed by atoms with Crippen LogP contribution in [0.3, 0.4) is 0 Å². The molecule has 1 amide bonds. The van der Waals surface area contributed by atoms with Gasteiger partial charge in [0.2, 0.25) is 0 Å². The zero-order chi connectivity index (χ0) is 22.5. The molecule has 0 atom stereocenters. The van der Waals surface area contributed by atoms with Crippen LogP contribution in [0.15, 0.2) is 48.0 Å². The molecule has 0 aliphatic heterocycles. The number of rotatable bonds is 6. The maximum absolute atomic E-state index is 12.7. The van der Waals surface area contributed by atoms with Gasteiger partial charge in [-0.25, -0.2) is 4.68 Å². The first-order valence-corrected chi connectivity index (χ1v) is 9.79. The second-order valence-electron chi connectivity index (χ2n) is 6.37. The minimum absolute atomic E-state index is 0.129. The fourth-order valence-corrected chi connectivity index (χ4v) is 3.29. The Labute approximate surface area is 189 Å². The van der Waals surface area contributed by atoms with E-state index in [0.717, 1.165) is 0 Å². The molecule has 1 N–H and O–H groups in total. The van der Waals surface area contributed by atoms with E-state index in [1.165, 1.54) is 25.0 Å². The first-order valence-electron chi connectivity index (χ1n) is 9.04. The number of aromatic nitrogens is 2. The van der Waals surface area contributed by atoms with Crippen molar-refractivity contribution in [2.75, 3.05) is 19.5 Å². The number of ether oxygens (including phenoxy) is 2. The van der Waals surface area contributed by atoms with E-state index in [4.69, 9.17) is 32.7 Å². The van der Waals surface area contributed by atoms with Gasteiger partial charge in [-0.15, -0.1) is 0 Å². The van der Waals surface area contributed by atoms with Gasteiger partial charge < -0.3 is 14.8 Å². The molecule has 0 saturated carbocycles. The molecule has 0 unspecified atom stereocenters. The first kappa shape index (κ1) is 22.2. The van der Waals surface area contributed by atoms with E-state index in [0.29, 0.717) is 39.2 Å². The van der Waals surface area contributed by atoms with E-state index in [-0.39, 0.29) is 10.7 Å². The minimum atomic E-state index is -0.593. The lowest BCUT2D eigenvalue weighted by Gasteiger charge is -2.10. The maximum Gasteiger partial charge on any atom is 0.266 e. The predicted molar refractivity (Wildman–Crippen MR) is 120 cm³/mol. The van der Waals surface area contributed by atoms with Crippen molar-refractivity contribution < 1.29 is 14.3 Å². The number of nitrogens with zero attached hydrogens (tertiary/aromatic N) is 3. The number of nitrogens with one attached hydrogen (secondary N) is 1. The van der Waals surface area contributed by atoms with Gasteiger partial charge in [0.15, 0.2) is 11.5 Å². The third-order valence-corrected chi connectivity index (χ3v) is 5.03. The van der Waals surface area contributed by atoms with Crippen LogP contribution in [0.5, 0.6) is 11.5 Å². The lowest BCUT2D eigenvalue weighted by Crippen LogP contribution is -2.13. The fraction of sp³-hybridized carbons (Fsp3) is 0.136. The number of anilines is 1. The summed E-state index contributed by atoms with van der Waals surface area (Å²) in [4.78, 5) is 12.7. The highest BCUT2D eigenvalue weighted by molar-refractivity contribution is 6.32. The molecular weight excluding hydrogens is 439 g/mol.